The van der Waals surface area contributed by atoms with Crippen LogP contribution in [0.4, 0.5) is 17.1 Å². The zero-order valence-electron chi connectivity index (χ0n) is 26.6. The maximum atomic E-state index is 2.66. The van der Waals surface area contributed by atoms with Gasteiger partial charge in [0.15, 0.2) is 0 Å². The Hall–Kier alpha value is -6.32. The molecular formula is C46H27BN2. The zero-order valence-corrected chi connectivity index (χ0v) is 26.6. The van der Waals surface area contributed by atoms with Crippen molar-refractivity contribution in [3.8, 4) is 11.1 Å². The molecule has 2 aliphatic heterocycles. The van der Waals surface area contributed by atoms with E-state index in [4.69, 9.17) is 0 Å². The van der Waals surface area contributed by atoms with E-state index < -0.39 is 0 Å². The van der Waals surface area contributed by atoms with E-state index in [1.54, 1.807) is 0 Å². The van der Waals surface area contributed by atoms with Gasteiger partial charge in [-0.15, -0.1) is 0 Å². The molecule has 0 N–H and O–H groups in total. The number of para-hydroxylation sites is 2. The lowest BCUT2D eigenvalue weighted by Crippen LogP contribution is -2.56. The molecular weight excluding hydrogens is 591 g/mol. The third-order valence-electron chi connectivity index (χ3n) is 11.2. The summed E-state index contributed by atoms with van der Waals surface area (Å²) in [6, 6.07) is 61.4. The lowest BCUT2D eigenvalue weighted by atomic mass is 9.44. The van der Waals surface area contributed by atoms with Crippen molar-refractivity contribution in [3.63, 3.8) is 0 Å². The van der Waals surface area contributed by atoms with Crippen molar-refractivity contribution in [2.24, 2.45) is 0 Å². The molecule has 49 heavy (non-hydrogen) atoms. The van der Waals surface area contributed by atoms with Crippen molar-refractivity contribution >= 4 is 99.7 Å². The maximum absolute atomic E-state index is 2.66. The molecule has 0 spiro atoms. The van der Waals surface area contributed by atoms with Crippen molar-refractivity contribution in [1.82, 2.24) is 4.48 Å². The fraction of sp³-hybridized carbons (Fsp3) is 0. The zero-order chi connectivity index (χ0) is 31.8. The fourth-order valence-corrected chi connectivity index (χ4v) is 9.18. The summed E-state index contributed by atoms with van der Waals surface area (Å²) in [6.45, 7) is 0.00878. The highest BCUT2D eigenvalue weighted by Crippen LogP contribution is 2.48. The van der Waals surface area contributed by atoms with E-state index in [9.17, 15) is 0 Å². The van der Waals surface area contributed by atoms with Crippen LogP contribution >= 0.6 is 0 Å². The Labute approximate surface area is 283 Å². The molecule has 9 aromatic carbocycles. The number of nitrogens with zero attached hydrogens (tertiary/aromatic N) is 2. The number of hydrogen-bond donors (Lipinski definition) is 0. The average molecular weight is 619 g/mol. The topological polar surface area (TPSA) is 8.17 Å². The fourth-order valence-electron chi connectivity index (χ4n) is 9.18. The second kappa shape index (κ2) is 9.18. The van der Waals surface area contributed by atoms with E-state index >= 15 is 0 Å². The molecule has 10 aromatic rings. The standard InChI is InChI=1S/C46H27BN2/c1-2-13-31-24-35(21-20-28(31)10-1)48-42-27-34-23-30-12-4-3-11-29(30)22-33(34)25-40(42)47-45-43(48)26-32-14-5-6-15-36(32)44(45)39-18-9-17-38-37-16-7-8-19-41(37)49(47)46(38)39/h1-27H. The van der Waals surface area contributed by atoms with E-state index in [2.05, 4.69) is 173 Å². The van der Waals surface area contributed by atoms with Gasteiger partial charge in [-0.1, -0.05) is 121 Å². The highest BCUT2D eigenvalue weighted by atomic mass is 15.2. The van der Waals surface area contributed by atoms with Crippen molar-refractivity contribution in [1.29, 1.82) is 0 Å². The van der Waals surface area contributed by atoms with Crippen molar-refractivity contribution in [3.05, 3.63) is 164 Å². The second-order valence-electron chi connectivity index (χ2n) is 13.7. The minimum Gasteiger partial charge on any atom is -0.375 e. The summed E-state index contributed by atoms with van der Waals surface area (Å²) in [5.41, 5.74) is 11.6. The second-order valence-corrected chi connectivity index (χ2v) is 13.7. The molecule has 0 amide bonds. The maximum Gasteiger partial charge on any atom is 0.333 e. The normalized spacial score (nSPS) is 13.2. The highest BCUT2D eigenvalue weighted by Gasteiger charge is 2.43. The first-order chi connectivity index (χ1) is 24.3. The summed E-state index contributed by atoms with van der Waals surface area (Å²) in [6.07, 6.45) is 0. The van der Waals surface area contributed by atoms with Gasteiger partial charge >= 0.3 is 6.85 Å². The number of rotatable bonds is 1. The third-order valence-corrected chi connectivity index (χ3v) is 11.2. The Balaban J connectivity index is 1.30. The largest absolute Gasteiger partial charge is 0.375 e. The molecule has 1 aromatic heterocycles. The van der Waals surface area contributed by atoms with E-state index in [0.29, 0.717) is 0 Å². The SMILES string of the molecule is c1ccc2cc(N3c4cc5cc6ccccc6cc5cc4B4c5c3cc3ccccc3c5-c3cccc5c6ccccc6n4c35)ccc2c1. The predicted molar refractivity (Wildman–Crippen MR) is 210 cm³/mol. The number of benzene rings is 9. The summed E-state index contributed by atoms with van der Waals surface area (Å²) < 4.78 is 2.66. The van der Waals surface area contributed by atoms with Crippen LogP contribution in [0.2, 0.25) is 0 Å². The lowest BCUT2D eigenvalue weighted by Gasteiger charge is -2.41. The first-order valence-corrected chi connectivity index (χ1v) is 17.1. The number of fused-ring (bicyclic) bond motifs is 12. The molecule has 3 heterocycles. The van der Waals surface area contributed by atoms with Crippen LogP contribution in [0, 0.1) is 0 Å². The molecule has 0 saturated carbocycles. The lowest BCUT2D eigenvalue weighted by molar-refractivity contribution is 1.27. The van der Waals surface area contributed by atoms with Gasteiger partial charge in [-0.05, 0) is 102 Å². The van der Waals surface area contributed by atoms with Gasteiger partial charge in [0.25, 0.3) is 0 Å². The minimum atomic E-state index is 0.00878. The molecule has 0 radical (unpaired) electrons. The van der Waals surface area contributed by atoms with Gasteiger partial charge in [0.1, 0.15) is 0 Å². The summed E-state index contributed by atoms with van der Waals surface area (Å²) in [7, 11) is 0. The molecule has 0 bridgehead atoms. The van der Waals surface area contributed by atoms with Crippen LogP contribution in [0.25, 0.3) is 76.0 Å². The van der Waals surface area contributed by atoms with Crippen LogP contribution in [0.1, 0.15) is 0 Å². The van der Waals surface area contributed by atoms with Gasteiger partial charge < -0.3 is 9.38 Å². The Morgan fingerprint density at radius 1 is 0.408 bits per heavy atom. The molecule has 0 unspecified atom stereocenters. The van der Waals surface area contributed by atoms with Crippen LogP contribution in [0.3, 0.4) is 0 Å². The quantitative estimate of drug-likeness (QED) is 0.131. The summed E-state index contributed by atoms with van der Waals surface area (Å²) >= 11 is 0. The van der Waals surface area contributed by atoms with Crippen LogP contribution in [0.15, 0.2) is 164 Å². The van der Waals surface area contributed by atoms with Gasteiger partial charge in [-0.3, -0.25) is 0 Å². The van der Waals surface area contributed by atoms with Crippen LogP contribution in [-0.2, 0) is 0 Å². The van der Waals surface area contributed by atoms with Gasteiger partial charge in [-0.25, -0.2) is 0 Å². The van der Waals surface area contributed by atoms with Crippen molar-refractivity contribution < 1.29 is 0 Å². The van der Waals surface area contributed by atoms with E-state index in [1.807, 2.05) is 0 Å². The van der Waals surface area contributed by atoms with Crippen LogP contribution < -0.4 is 15.8 Å². The number of aromatic nitrogens is 1. The molecule has 0 aliphatic carbocycles. The first kappa shape index (κ1) is 25.7. The van der Waals surface area contributed by atoms with E-state index in [1.165, 1.54) is 104 Å². The molecule has 0 atom stereocenters. The summed E-state index contributed by atoms with van der Waals surface area (Å²) in [4.78, 5) is 2.55. The van der Waals surface area contributed by atoms with Crippen LogP contribution in [-0.4, -0.2) is 11.3 Å². The Morgan fingerprint density at radius 3 is 1.86 bits per heavy atom. The Morgan fingerprint density at radius 2 is 1.04 bits per heavy atom. The van der Waals surface area contributed by atoms with Crippen molar-refractivity contribution in [2.75, 3.05) is 4.90 Å². The monoisotopic (exact) mass is 618 g/mol. The van der Waals surface area contributed by atoms with E-state index in [0.717, 1.165) is 0 Å². The molecule has 224 valence electrons. The smallest absolute Gasteiger partial charge is 0.333 e. The molecule has 2 aliphatic rings. The van der Waals surface area contributed by atoms with Gasteiger partial charge in [0.05, 0.1) is 0 Å². The first-order valence-electron chi connectivity index (χ1n) is 17.1. The average Bonchev–Trinajstić information content (AvgIpc) is 3.49. The number of hydrogen-bond acceptors (Lipinski definition) is 1. The summed E-state index contributed by atoms with van der Waals surface area (Å²) in [5, 5.41) is 12.8. The van der Waals surface area contributed by atoms with Gasteiger partial charge in [0, 0.05) is 44.4 Å². The number of anilines is 3. The van der Waals surface area contributed by atoms with Crippen LogP contribution in [0.5, 0.6) is 0 Å². The Bertz CT molecular complexity index is 3080. The van der Waals surface area contributed by atoms with E-state index in [-0.39, 0.29) is 6.85 Å². The van der Waals surface area contributed by atoms with Crippen molar-refractivity contribution in [2.45, 2.75) is 0 Å². The summed E-state index contributed by atoms with van der Waals surface area (Å²) in [5.74, 6) is 0. The molecule has 12 rings (SSSR count). The third kappa shape index (κ3) is 3.32. The Kier molecular flexibility index (Phi) is 4.82. The minimum absolute atomic E-state index is 0.00878. The van der Waals surface area contributed by atoms with Gasteiger partial charge in [-0.2, -0.15) is 0 Å². The molecule has 0 saturated heterocycles. The highest BCUT2D eigenvalue weighted by molar-refractivity contribution is 6.90. The molecule has 2 nitrogen and oxygen atoms in total. The van der Waals surface area contributed by atoms with Gasteiger partial charge in [0.2, 0.25) is 0 Å². The predicted octanol–water partition coefficient (Wildman–Crippen LogP) is 10.8. The molecule has 3 heteroatoms. The molecule has 0 fully saturated rings.